The van der Waals surface area contributed by atoms with Crippen molar-refractivity contribution < 1.29 is 28.7 Å². The molecule has 0 bridgehead atoms. The number of halogens is 1. The van der Waals surface area contributed by atoms with Crippen LogP contribution in [0.5, 0.6) is 5.75 Å². The fourth-order valence-corrected chi connectivity index (χ4v) is 6.08. The smallest absolute Gasteiger partial charge is 0.320 e. The van der Waals surface area contributed by atoms with Crippen LogP contribution in [0, 0.1) is 11.8 Å². The first-order valence-corrected chi connectivity index (χ1v) is 11.8. The van der Waals surface area contributed by atoms with E-state index in [2.05, 4.69) is 15.9 Å². The number of anilines is 1. The first-order valence-electron chi connectivity index (χ1n) is 11.0. The van der Waals surface area contributed by atoms with Gasteiger partial charge in [-0.15, -0.1) is 0 Å². The summed E-state index contributed by atoms with van der Waals surface area (Å²) in [5, 5.41) is 0. The van der Waals surface area contributed by atoms with Gasteiger partial charge in [0.2, 0.25) is 0 Å². The lowest BCUT2D eigenvalue weighted by atomic mass is 9.76. The minimum absolute atomic E-state index is 0.229. The fraction of sp³-hybridized carbons (Fsp3) is 0.185. The molecule has 2 saturated heterocycles. The number of rotatable bonds is 3. The van der Waals surface area contributed by atoms with E-state index >= 15 is 0 Å². The van der Waals surface area contributed by atoms with Crippen molar-refractivity contribution in [2.45, 2.75) is 11.6 Å². The molecular weight excluding hydrogens is 514 g/mol. The largest absolute Gasteiger partial charge is 0.497 e. The fourth-order valence-electron chi connectivity index (χ4n) is 5.82. The van der Waals surface area contributed by atoms with Crippen LogP contribution in [-0.4, -0.2) is 36.2 Å². The standard InChI is InChI=1S/C27H18BrNO6/c1-34-17-6-4-5-16(13-17)29-22(14-9-11-15(28)12-10-14)20-21(26(33)35-25(20)32)27(29)23(30)18-7-2-3-8-19(18)24(27)31/h2-13,20-22H,1H3/t20-,21-,22+/m0/s1. The highest BCUT2D eigenvalue weighted by atomic mass is 79.9. The predicted molar refractivity (Wildman–Crippen MR) is 128 cm³/mol. The number of methoxy groups -OCH3 is 1. The number of carbonyl (C=O) groups is 4. The van der Waals surface area contributed by atoms with Crippen LogP contribution < -0.4 is 9.64 Å². The first-order chi connectivity index (χ1) is 16.9. The average Bonchev–Trinajstić information content (AvgIpc) is 3.43. The highest BCUT2D eigenvalue weighted by molar-refractivity contribution is 9.10. The van der Waals surface area contributed by atoms with Crippen molar-refractivity contribution in [1.82, 2.24) is 0 Å². The number of cyclic esters (lactones) is 2. The Labute approximate surface area is 208 Å². The second kappa shape index (κ2) is 7.61. The maximum atomic E-state index is 14.2. The second-order valence-electron chi connectivity index (χ2n) is 8.78. The minimum Gasteiger partial charge on any atom is -0.497 e. The molecule has 1 spiro atoms. The number of esters is 2. The van der Waals surface area contributed by atoms with E-state index in [4.69, 9.17) is 9.47 Å². The Balaban J connectivity index is 1.69. The molecule has 2 heterocycles. The maximum Gasteiger partial charge on any atom is 0.320 e. The SMILES string of the molecule is COc1cccc(N2[C@H](c3ccc(Br)cc3)[C@H]3C(=O)OC(=O)[C@H]3C23C(=O)c2ccccc2C3=O)c1. The summed E-state index contributed by atoms with van der Waals surface area (Å²) in [4.78, 5) is 56.3. The number of ketones is 2. The van der Waals surface area contributed by atoms with Crippen LogP contribution in [0.1, 0.15) is 32.3 Å². The number of carbonyl (C=O) groups excluding carboxylic acids is 4. The van der Waals surface area contributed by atoms with Gasteiger partial charge in [0.1, 0.15) is 11.7 Å². The molecule has 0 radical (unpaired) electrons. The number of hydrogen-bond acceptors (Lipinski definition) is 7. The normalized spacial score (nSPS) is 24.1. The molecule has 7 nitrogen and oxygen atoms in total. The van der Waals surface area contributed by atoms with Gasteiger partial charge in [0.15, 0.2) is 17.1 Å². The molecule has 0 aromatic heterocycles. The van der Waals surface area contributed by atoms with E-state index in [0.29, 0.717) is 17.0 Å². The molecule has 0 unspecified atom stereocenters. The molecular formula is C27H18BrNO6. The number of ether oxygens (including phenoxy) is 2. The van der Waals surface area contributed by atoms with E-state index in [1.54, 1.807) is 53.4 Å². The minimum atomic E-state index is -1.96. The van der Waals surface area contributed by atoms with Gasteiger partial charge in [0, 0.05) is 27.4 Å². The van der Waals surface area contributed by atoms with Crippen LogP contribution in [0.15, 0.2) is 77.3 Å². The Morgan fingerprint density at radius 3 is 2.14 bits per heavy atom. The lowest BCUT2D eigenvalue weighted by Crippen LogP contribution is -2.59. The molecule has 3 aromatic carbocycles. The van der Waals surface area contributed by atoms with Gasteiger partial charge in [-0.25, -0.2) is 0 Å². The van der Waals surface area contributed by atoms with E-state index in [1.807, 2.05) is 24.3 Å². The van der Waals surface area contributed by atoms with Crippen LogP contribution in [0.2, 0.25) is 0 Å². The van der Waals surface area contributed by atoms with Crippen LogP contribution in [0.4, 0.5) is 5.69 Å². The zero-order valence-electron chi connectivity index (χ0n) is 18.4. The van der Waals surface area contributed by atoms with Crippen molar-refractivity contribution in [2.75, 3.05) is 12.0 Å². The Morgan fingerprint density at radius 1 is 0.857 bits per heavy atom. The summed E-state index contributed by atoms with van der Waals surface area (Å²) in [6.45, 7) is 0. The molecule has 8 heteroatoms. The van der Waals surface area contributed by atoms with Gasteiger partial charge in [0.05, 0.1) is 19.1 Å². The predicted octanol–water partition coefficient (Wildman–Crippen LogP) is 4.15. The third kappa shape index (κ3) is 2.77. The van der Waals surface area contributed by atoms with E-state index in [-0.39, 0.29) is 11.1 Å². The summed E-state index contributed by atoms with van der Waals surface area (Å²) in [7, 11) is 1.52. The first kappa shape index (κ1) is 21.7. The van der Waals surface area contributed by atoms with Crippen molar-refractivity contribution in [3.63, 3.8) is 0 Å². The molecule has 1 aliphatic carbocycles. The van der Waals surface area contributed by atoms with Crippen LogP contribution in [0.3, 0.4) is 0 Å². The zero-order valence-corrected chi connectivity index (χ0v) is 20.0. The lowest BCUT2D eigenvalue weighted by Gasteiger charge is -2.39. The Kier molecular flexibility index (Phi) is 4.73. The van der Waals surface area contributed by atoms with Crippen molar-refractivity contribution in [2.24, 2.45) is 11.8 Å². The molecule has 6 rings (SSSR count). The highest BCUT2D eigenvalue weighted by Crippen LogP contribution is 2.60. The van der Waals surface area contributed by atoms with Crippen LogP contribution in [-0.2, 0) is 14.3 Å². The molecule has 3 atom stereocenters. The van der Waals surface area contributed by atoms with Gasteiger partial charge in [-0.05, 0) is 29.8 Å². The molecule has 0 N–H and O–H groups in total. The number of benzene rings is 3. The van der Waals surface area contributed by atoms with Crippen molar-refractivity contribution >= 4 is 45.1 Å². The molecule has 0 saturated carbocycles. The highest BCUT2D eigenvalue weighted by Gasteiger charge is 2.76. The number of hydrogen-bond donors (Lipinski definition) is 0. The Morgan fingerprint density at radius 2 is 1.51 bits per heavy atom. The number of Topliss-reactive ketones (excluding diaryl/α,β-unsaturated/α-hetero) is 2. The van der Waals surface area contributed by atoms with Gasteiger partial charge in [0.25, 0.3) is 0 Å². The van der Waals surface area contributed by atoms with E-state index in [0.717, 1.165) is 4.47 Å². The quantitative estimate of drug-likeness (QED) is 0.370. The number of fused-ring (bicyclic) bond motifs is 3. The van der Waals surface area contributed by atoms with Crippen molar-refractivity contribution in [3.8, 4) is 5.75 Å². The third-order valence-electron chi connectivity index (χ3n) is 7.19. The van der Waals surface area contributed by atoms with Gasteiger partial charge in [-0.1, -0.05) is 58.4 Å². The summed E-state index contributed by atoms with van der Waals surface area (Å²) in [5.74, 6) is -4.45. The maximum absolute atomic E-state index is 14.2. The summed E-state index contributed by atoms with van der Waals surface area (Å²) in [6.07, 6.45) is 0. The zero-order chi connectivity index (χ0) is 24.5. The van der Waals surface area contributed by atoms with E-state index in [1.165, 1.54) is 7.11 Å². The van der Waals surface area contributed by atoms with Gasteiger partial charge in [-0.3, -0.25) is 19.2 Å². The number of nitrogens with zero attached hydrogens (tertiary/aromatic N) is 1. The van der Waals surface area contributed by atoms with Crippen molar-refractivity contribution in [1.29, 1.82) is 0 Å². The summed E-state index contributed by atoms with van der Waals surface area (Å²) in [6, 6.07) is 19.9. The van der Waals surface area contributed by atoms with Gasteiger partial charge >= 0.3 is 11.9 Å². The summed E-state index contributed by atoms with van der Waals surface area (Å²) in [5.41, 5.74) is -0.338. The molecule has 2 fully saturated rings. The van der Waals surface area contributed by atoms with Gasteiger partial charge in [-0.2, -0.15) is 0 Å². The van der Waals surface area contributed by atoms with Crippen LogP contribution >= 0.6 is 15.9 Å². The molecule has 35 heavy (non-hydrogen) atoms. The molecule has 0 amide bonds. The molecule has 2 aliphatic heterocycles. The Hall–Kier alpha value is -3.78. The van der Waals surface area contributed by atoms with E-state index in [9.17, 15) is 19.2 Å². The second-order valence-corrected chi connectivity index (χ2v) is 9.70. The summed E-state index contributed by atoms with van der Waals surface area (Å²) >= 11 is 3.43. The molecule has 3 aliphatic rings. The third-order valence-corrected chi connectivity index (χ3v) is 7.72. The Bertz CT molecular complexity index is 1400. The summed E-state index contributed by atoms with van der Waals surface area (Å²) < 4.78 is 11.3. The molecule has 174 valence electrons. The van der Waals surface area contributed by atoms with E-state index < -0.39 is 46.9 Å². The van der Waals surface area contributed by atoms with Gasteiger partial charge < -0.3 is 14.4 Å². The van der Waals surface area contributed by atoms with Crippen molar-refractivity contribution in [3.05, 3.63) is 94.0 Å². The average molecular weight is 532 g/mol. The lowest BCUT2D eigenvalue weighted by molar-refractivity contribution is -0.154. The van der Waals surface area contributed by atoms with Crippen LogP contribution in [0.25, 0.3) is 0 Å². The molecule has 3 aromatic rings. The topological polar surface area (TPSA) is 90.0 Å². The monoisotopic (exact) mass is 531 g/mol.